The Hall–Kier alpha value is 0.250. The summed E-state index contributed by atoms with van der Waals surface area (Å²) >= 11 is 6.32. The van der Waals surface area contributed by atoms with Crippen molar-refractivity contribution in [3.8, 4) is 0 Å². The summed E-state index contributed by atoms with van der Waals surface area (Å²) in [6.45, 7) is 1.22. The smallest absolute Gasteiger partial charge is 0.0852 e. The number of rotatable bonds is 1. The Morgan fingerprint density at radius 2 is 1.92 bits per heavy atom. The second kappa shape index (κ2) is 4.65. The zero-order valence-electron chi connectivity index (χ0n) is 8.21. The minimum atomic E-state index is 0.313. The first kappa shape index (κ1) is 9.79. The van der Waals surface area contributed by atoms with Gasteiger partial charge in [-0.3, -0.25) is 4.90 Å². The van der Waals surface area contributed by atoms with Crippen molar-refractivity contribution in [2.45, 2.75) is 56.5 Å². The third kappa shape index (κ3) is 2.38. The van der Waals surface area contributed by atoms with Gasteiger partial charge in [0.25, 0.3) is 0 Å². The molecule has 2 aliphatic rings. The van der Waals surface area contributed by atoms with Gasteiger partial charge in [0.2, 0.25) is 0 Å². The van der Waals surface area contributed by atoms with Crippen LogP contribution in [0.1, 0.15) is 44.9 Å². The van der Waals surface area contributed by atoms with Gasteiger partial charge < -0.3 is 0 Å². The van der Waals surface area contributed by atoms with Gasteiger partial charge in [-0.25, -0.2) is 0 Å². The minimum absolute atomic E-state index is 0.313. The van der Waals surface area contributed by atoms with Gasteiger partial charge in [0, 0.05) is 6.04 Å². The van der Waals surface area contributed by atoms with Gasteiger partial charge in [-0.05, 0) is 45.1 Å². The number of alkyl halides is 1. The summed E-state index contributed by atoms with van der Waals surface area (Å²) in [5, 5.41) is 0. The maximum atomic E-state index is 6.32. The fourth-order valence-corrected chi connectivity index (χ4v) is 2.91. The lowest BCUT2D eigenvalue weighted by Crippen LogP contribution is -2.44. The van der Waals surface area contributed by atoms with E-state index in [0.717, 1.165) is 0 Å². The SMILES string of the molecule is ClC1CCCCN1C1[CH]CCCC1. The Kier molecular flexibility index (Phi) is 3.51. The summed E-state index contributed by atoms with van der Waals surface area (Å²) in [5.41, 5.74) is 0.313. The molecule has 2 heteroatoms. The number of halogens is 1. The number of piperidine rings is 1. The number of likely N-dealkylation sites (tertiary alicyclic amines) is 1. The molecule has 2 unspecified atom stereocenters. The highest BCUT2D eigenvalue weighted by Crippen LogP contribution is 2.29. The monoisotopic (exact) mass is 200 g/mol. The molecule has 2 fully saturated rings. The highest BCUT2D eigenvalue weighted by molar-refractivity contribution is 6.20. The highest BCUT2D eigenvalue weighted by atomic mass is 35.5. The normalized spacial score (nSPS) is 33.5. The molecule has 1 saturated heterocycles. The Labute approximate surface area is 86.4 Å². The van der Waals surface area contributed by atoms with Gasteiger partial charge in [0.05, 0.1) is 5.50 Å². The average molecular weight is 201 g/mol. The molecule has 0 spiro atoms. The Morgan fingerprint density at radius 1 is 1.08 bits per heavy atom. The highest BCUT2D eigenvalue weighted by Gasteiger charge is 2.28. The van der Waals surface area contributed by atoms with Crippen molar-refractivity contribution in [3.05, 3.63) is 6.42 Å². The van der Waals surface area contributed by atoms with Crippen LogP contribution in [0.2, 0.25) is 0 Å². The maximum Gasteiger partial charge on any atom is 0.0852 e. The summed E-state index contributed by atoms with van der Waals surface area (Å²) in [7, 11) is 0. The van der Waals surface area contributed by atoms with Crippen LogP contribution in [0.4, 0.5) is 0 Å². The molecule has 1 radical (unpaired) electrons. The lowest BCUT2D eigenvalue weighted by Gasteiger charge is -2.39. The number of hydrogen-bond donors (Lipinski definition) is 0. The van der Waals surface area contributed by atoms with E-state index in [9.17, 15) is 0 Å². The van der Waals surface area contributed by atoms with E-state index in [4.69, 9.17) is 11.6 Å². The van der Waals surface area contributed by atoms with Crippen LogP contribution in [-0.2, 0) is 0 Å². The molecule has 0 aromatic rings. The first-order chi connectivity index (χ1) is 6.38. The molecule has 0 N–H and O–H groups in total. The summed E-state index contributed by atoms with van der Waals surface area (Å²) in [6, 6.07) is 0.691. The molecule has 0 amide bonds. The Balaban J connectivity index is 1.88. The minimum Gasteiger partial charge on any atom is -0.284 e. The molecule has 2 atom stereocenters. The van der Waals surface area contributed by atoms with E-state index in [-0.39, 0.29) is 0 Å². The van der Waals surface area contributed by atoms with E-state index in [1.807, 2.05) is 0 Å². The lowest BCUT2D eigenvalue weighted by molar-refractivity contribution is 0.138. The Morgan fingerprint density at radius 3 is 2.62 bits per heavy atom. The van der Waals surface area contributed by atoms with Gasteiger partial charge in [-0.15, -0.1) is 11.6 Å². The summed E-state index contributed by atoms with van der Waals surface area (Å²) < 4.78 is 0. The largest absolute Gasteiger partial charge is 0.284 e. The fraction of sp³-hybridized carbons (Fsp3) is 0.909. The molecule has 1 aliphatic heterocycles. The van der Waals surface area contributed by atoms with E-state index in [1.165, 1.54) is 51.5 Å². The van der Waals surface area contributed by atoms with E-state index < -0.39 is 0 Å². The van der Waals surface area contributed by atoms with Crippen LogP contribution in [0.5, 0.6) is 0 Å². The van der Waals surface area contributed by atoms with Crippen molar-refractivity contribution in [2.24, 2.45) is 0 Å². The van der Waals surface area contributed by atoms with Gasteiger partial charge >= 0.3 is 0 Å². The summed E-state index contributed by atoms with van der Waals surface area (Å²) in [4.78, 5) is 2.50. The first-order valence-electron chi connectivity index (χ1n) is 5.61. The second-order valence-electron chi connectivity index (χ2n) is 4.26. The predicted molar refractivity (Wildman–Crippen MR) is 56.8 cm³/mol. The van der Waals surface area contributed by atoms with E-state index in [0.29, 0.717) is 11.5 Å². The molecule has 1 nitrogen and oxygen atoms in total. The molecule has 1 heterocycles. The van der Waals surface area contributed by atoms with E-state index in [2.05, 4.69) is 11.3 Å². The van der Waals surface area contributed by atoms with Crippen molar-refractivity contribution in [3.63, 3.8) is 0 Å². The molecule has 2 rings (SSSR count). The van der Waals surface area contributed by atoms with Crippen molar-refractivity contribution in [2.75, 3.05) is 6.54 Å². The average Bonchev–Trinajstić information content (AvgIpc) is 2.20. The fourth-order valence-electron chi connectivity index (χ4n) is 2.51. The summed E-state index contributed by atoms with van der Waals surface area (Å²) in [6.07, 6.45) is 11.7. The maximum absolute atomic E-state index is 6.32. The zero-order chi connectivity index (χ0) is 9.10. The standard InChI is InChI=1S/C11H19ClN/c12-11-8-4-5-9-13(11)10-6-2-1-3-7-10/h6,10-11H,1-5,7-9H2. The van der Waals surface area contributed by atoms with E-state index in [1.54, 1.807) is 0 Å². The third-order valence-electron chi connectivity index (χ3n) is 3.29. The molecule has 13 heavy (non-hydrogen) atoms. The molecular weight excluding hydrogens is 182 g/mol. The van der Waals surface area contributed by atoms with Gasteiger partial charge in [-0.2, -0.15) is 0 Å². The van der Waals surface area contributed by atoms with Gasteiger partial charge in [0.1, 0.15) is 0 Å². The molecule has 1 saturated carbocycles. The molecule has 75 valence electrons. The number of hydrogen-bond acceptors (Lipinski definition) is 1. The van der Waals surface area contributed by atoms with Crippen LogP contribution in [0.25, 0.3) is 0 Å². The van der Waals surface area contributed by atoms with Crippen LogP contribution >= 0.6 is 11.6 Å². The van der Waals surface area contributed by atoms with Crippen LogP contribution in [0.15, 0.2) is 0 Å². The summed E-state index contributed by atoms with van der Waals surface area (Å²) in [5.74, 6) is 0. The molecular formula is C11H19ClN. The first-order valence-corrected chi connectivity index (χ1v) is 6.05. The van der Waals surface area contributed by atoms with Crippen LogP contribution in [0, 0.1) is 6.42 Å². The molecule has 0 aromatic carbocycles. The van der Waals surface area contributed by atoms with Crippen molar-refractivity contribution in [1.29, 1.82) is 0 Å². The van der Waals surface area contributed by atoms with Gasteiger partial charge in [-0.1, -0.05) is 12.8 Å². The van der Waals surface area contributed by atoms with Crippen molar-refractivity contribution < 1.29 is 0 Å². The Bertz CT molecular complexity index is 154. The second-order valence-corrected chi connectivity index (χ2v) is 4.76. The van der Waals surface area contributed by atoms with Crippen molar-refractivity contribution in [1.82, 2.24) is 4.90 Å². The predicted octanol–water partition coefficient (Wildman–Crippen LogP) is 3.18. The molecule has 0 aromatic heterocycles. The molecule has 1 aliphatic carbocycles. The quantitative estimate of drug-likeness (QED) is 0.464. The third-order valence-corrected chi connectivity index (χ3v) is 3.76. The lowest BCUT2D eigenvalue weighted by atomic mass is 9.93. The van der Waals surface area contributed by atoms with Crippen LogP contribution in [-0.4, -0.2) is 23.0 Å². The van der Waals surface area contributed by atoms with Crippen LogP contribution < -0.4 is 0 Å². The van der Waals surface area contributed by atoms with Crippen molar-refractivity contribution >= 4 is 11.6 Å². The zero-order valence-corrected chi connectivity index (χ0v) is 8.97. The topological polar surface area (TPSA) is 3.24 Å². The van der Waals surface area contributed by atoms with Crippen LogP contribution in [0.3, 0.4) is 0 Å². The van der Waals surface area contributed by atoms with Gasteiger partial charge in [0.15, 0.2) is 0 Å². The molecule has 0 bridgehead atoms. The van der Waals surface area contributed by atoms with E-state index >= 15 is 0 Å². The number of nitrogens with zero attached hydrogens (tertiary/aromatic N) is 1.